The minimum atomic E-state index is 0. The van der Waals surface area contributed by atoms with Crippen molar-refractivity contribution in [3.63, 3.8) is 0 Å². The third kappa shape index (κ3) is 8.15. The molecule has 0 saturated carbocycles. The van der Waals surface area contributed by atoms with E-state index in [2.05, 4.69) is 28.2 Å². The fourth-order valence-electron chi connectivity index (χ4n) is 2.04. The Labute approximate surface area is 130 Å². The Morgan fingerprint density at radius 3 is 1.80 bits per heavy atom. The largest absolute Gasteiger partial charge is 1.00 e. The summed E-state index contributed by atoms with van der Waals surface area (Å²) in [7, 11) is 9.29. The van der Waals surface area contributed by atoms with Crippen molar-refractivity contribution in [1.82, 2.24) is 0 Å². The van der Waals surface area contributed by atoms with Gasteiger partial charge in [-0.05, 0) is 19.3 Å². The molecule has 1 rings (SSSR count). The van der Waals surface area contributed by atoms with Gasteiger partial charge in [0.1, 0.15) is 13.1 Å². The number of quaternary nitrogens is 2. The van der Waals surface area contributed by atoms with Crippen LogP contribution in [0.2, 0.25) is 0 Å². The second-order valence-electron chi connectivity index (χ2n) is 5.86. The fraction of sp³-hybridized carbons (Fsp3) is 1.00. The minimum Gasteiger partial charge on any atom is -1.00 e. The second kappa shape index (κ2) is 7.66. The van der Waals surface area contributed by atoms with E-state index in [-0.39, 0.29) is 48.0 Å². The highest BCUT2D eigenvalue weighted by molar-refractivity contribution is 4.51. The first-order valence-electron chi connectivity index (χ1n) is 5.55. The van der Waals surface area contributed by atoms with Gasteiger partial charge in [-0.1, -0.05) is 0 Å². The lowest BCUT2D eigenvalue weighted by Gasteiger charge is -2.39. The van der Waals surface area contributed by atoms with E-state index >= 15 is 0 Å². The lowest BCUT2D eigenvalue weighted by atomic mass is 10.1. The molecule has 0 bridgehead atoms. The zero-order chi connectivity index (χ0) is 9.95. The molecule has 1 aliphatic rings. The topological polar surface area (TPSA) is 0 Å². The summed E-state index contributed by atoms with van der Waals surface area (Å²) in [6.07, 6.45) is 4.33. The molecule has 94 valence electrons. The molecule has 1 aliphatic heterocycles. The smallest absolute Gasteiger partial charge is 0.128 e. The van der Waals surface area contributed by atoms with Crippen LogP contribution in [0.5, 0.6) is 0 Å². The van der Waals surface area contributed by atoms with Crippen LogP contribution in [0, 0.1) is 0 Å². The highest BCUT2D eigenvalue weighted by Gasteiger charge is 2.26. The van der Waals surface area contributed by atoms with Crippen molar-refractivity contribution in [2.24, 2.45) is 0 Å². The molecule has 15 heavy (non-hydrogen) atoms. The third-order valence-corrected chi connectivity index (χ3v) is 3.21. The number of hydrogen-bond acceptors (Lipinski definition) is 0. The van der Waals surface area contributed by atoms with E-state index in [1.165, 1.54) is 49.9 Å². The molecule has 0 aromatic heterocycles. The Kier molecular flexibility index (Phi) is 9.56. The van der Waals surface area contributed by atoms with Crippen molar-refractivity contribution in [3.05, 3.63) is 0 Å². The predicted molar refractivity (Wildman–Crippen MR) is 57.5 cm³/mol. The average Bonchev–Trinajstić information content (AvgIpc) is 2.02. The molecule has 0 unspecified atom stereocenters. The predicted octanol–water partition coefficient (Wildman–Crippen LogP) is -4.67. The van der Waals surface area contributed by atoms with Crippen LogP contribution in [0.1, 0.15) is 19.3 Å². The number of halogens is 2. The Morgan fingerprint density at radius 2 is 1.40 bits per heavy atom. The second-order valence-corrected chi connectivity index (χ2v) is 5.86. The van der Waals surface area contributed by atoms with Crippen LogP contribution in [0.4, 0.5) is 0 Å². The zero-order valence-corrected chi connectivity index (χ0v) is 14.9. The van der Waals surface area contributed by atoms with Crippen LogP contribution >= 0.6 is 0 Å². The summed E-state index contributed by atoms with van der Waals surface area (Å²) < 4.78 is 2.42. The molecule has 0 aromatic rings. The fourth-order valence-corrected chi connectivity index (χ4v) is 2.04. The number of piperidine rings is 1. The van der Waals surface area contributed by atoms with E-state index < -0.39 is 0 Å². The Morgan fingerprint density at radius 1 is 0.933 bits per heavy atom. The number of likely N-dealkylation sites (N-methyl/N-ethyl adjacent to an activating group) is 2. The summed E-state index contributed by atoms with van der Waals surface area (Å²) in [4.78, 5) is 0. The maximum absolute atomic E-state index is 2.43. The lowest BCUT2D eigenvalue weighted by molar-refractivity contribution is -0.951. The van der Waals surface area contributed by atoms with Gasteiger partial charge in [-0.25, -0.2) is 0 Å². The molecule has 0 spiro atoms. The van der Waals surface area contributed by atoms with Gasteiger partial charge in [0.25, 0.3) is 0 Å². The number of hydrogen-bond donors (Lipinski definition) is 0. The lowest BCUT2D eigenvalue weighted by Crippen LogP contribution is -3.00. The minimum absolute atomic E-state index is 0. The molecule has 2 nitrogen and oxygen atoms in total. The van der Waals surface area contributed by atoms with Gasteiger partial charge in [-0.2, -0.15) is 0 Å². The van der Waals surface area contributed by atoms with Gasteiger partial charge in [0.2, 0.25) is 0 Å². The summed E-state index contributed by atoms with van der Waals surface area (Å²) in [5, 5.41) is 0. The van der Waals surface area contributed by atoms with Crippen LogP contribution in [-0.4, -0.2) is 63.3 Å². The van der Waals surface area contributed by atoms with Crippen molar-refractivity contribution in [2.45, 2.75) is 19.3 Å². The molecule has 4 heteroatoms. The molecule has 0 N–H and O–H groups in total. The first kappa shape index (κ1) is 18.7. The van der Waals surface area contributed by atoms with E-state index in [1.807, 2.05) is 0 Å². The summed E-state index contributed by atoms with van der Waals surface area (Å²) >= 11 is 0. The van der Waals surface area contributed by atoms with E-state index in [0.29, 0.717) is 0 Å². The Hall–Kier alpha value is 1.38. The van der Waals surface area contributed by atoms with Crippen molar-refractivity contribution < 1.29 is 56.9 Å². The standard InChI is InChI=1S/C11H26N2.2HI/c1-12(2,3)10-11-13(4)8-6-5-7-9-13;;/h5-11H2,1-4H3;2*1H/q+2;;/p-2. The number of rotatable bonds is 3. The van der Waals surface area contributed by atoms with E-state index in [1.54, 1.807) is 0 Å². The molecule has 0 aliphatic carbocycles. The Bertz CT molecular complexity index is 160. The van der Waals surface area contributed by atoms with Crippen LogP contribution in [0.15, 0.2) is 0 Å². The van der Waals surface area contributed by atoms with Crippen molar-refractivity contribution in [1.29, 1.82) is 0 Å². The number of likely N-dealkylation sites (tertiary alicyclic amines) is 1. The molecular formula is C11H26I2N2. The zero-order valence-electron chi connectivity index (χ0n) is 10.6. The number of nitrogens with zero attached hydrogens (tertiary/aromatic N) is 2. The van der Waals surface area contributed by atoms with Crippen molar-refractivity contribution in [2.75, 3.05) is 54.4 Å². The normalized spacial score (nSPS) is 20.0. The summed E-state index contributed by atoms with van der Waals surface area (Å²) in [5.41, 5.74) is 0. The highest BCUT2D eigenvalue weighted by atomic mass is 127. The van der Waals surface area contributed by atoms with Gasteiger partial charge in [0.05, 0.1) is 41.3 Å². The molecule has 1 fully saturated rings. The van der Waals surface area contributed by atoms with Gasteiger partial charge >= 0.3 is 0 Å². The monoisotopic (exact) mass is 440 g/mol. The average molecular weight is 440 g/mol. The van der Waals surface area contributed by atoms with Gasteiger partial charge in [0.15, 0.2) is 0 Å². The van der Waals surface area contributed by atoms with Gasteiger partial charge in [-0.15, -0.1) is 0 Å². The molecule has 0 atom stereocenters. The Balaban J connectivity index is 0. The van der Waals surface area contributed by atoms with Crippen LogP contribution in [0.3, 0.4) is 0 Å². The summed E-state index contributed by atoms with van der Waals surface area (Å²) in [6, 6.07) is 0. The van der Waals surface area contributed by atoms with Crippen LogP contribution < -0.4 is 48.0 Å². The van der Waals surface area contributed by atoms with Crippen LogP contribution in [-0.2, 0) is 0 Å². The SMILES string of the molecule is C[N+](C)(C)CC[N+]1(C)CCCCC1.[I-].[I-]. The maximum Gasteiger partial charge on any atom is 0.128 e. The molecule has 1 heterocycles. The van der Waals surface area contributed by atoms with Crippen molar-refractivity contribution >= 4 is 0 Å². The van der Waals surface area contributed by atoms with Gasteiger partial charge in [-0.3, -0.25) is 0 Å². The van der Waals surface area contributed by atoms with Crippen molar-refractivity contribution in [3.8, 4) is 0 Å². The van der Waals surface area contributed by atoms with Gasteiger partial charge in [0, 0.05) is 0 Å². The maximum atomic E-state index is 2.43. The summed E-state index contributed by atoms with van der Waals surface area (Å²) in [6.45, 7) is 5.46. The summed E-state index contributed by atoms with van der Waals surface area (Å²) in [5.74, 6) is 0. The molecule has 0 radical (unpaired) electrons. The third-order valence-electron chi connectivity index (χ3n) is 3.21. The van der Waals surface area contributed by atoms with E-state index in [9.17, 15) is 0 Å². The molecule has 0 aromatic carbocycles. The van der Waals surface area contributed by atoms with E-state index in [4.69, 9.17) is 0 Å². The highest BCUT2D eigenvalue weighted by Crippen LogP contribution is 2.16. The molecule has 1 saturated heterocycles. The first-order valence-corrected chi connectivity index (χ1v) is 5.55. The van der Waals surface area contributed by atoms with Crippen LogP contribution in [0.25, 0.3) is 0 Å². The van der Waals surface area contributed by atoms with Gasteiger partial charge < -0.3 is 56.9 Å². The molecular weight excluding hydrogens is 414 g/mol. The first-order chi connectivity index (χ1) is 5.91. The molecule has 0 amide bonds. The van der Waals surface area contributed by atoms with E-state index in [0.717, 1.165) is 4.48 Å². The quantitative estimate of drug-likeness (QED) is 0.306.